The van der Waals surface area contributed by atoms with Gasteiger partial charge in [0.2, 0.25) is 11.8 Å². The number of nitrogens with zero attached hydrogens (tertiary/aromatic N) is 2. The average Bonchev–Trinajstić information content (AvgIpc) is 3.29. The molecule has 0 bridgehead atoms. The molecule has 2 aromatic carbocycles. The van der Waals surface area contributed by atoms with Crippen molar-refractivity contribution in [2.24, 2.45) is 0 Å². The average molecular weight is 477 g/mol. The zero-order valence-corrected chi connectivity index (χ0v) is 20.8. The van der Waals surface area contributed by atoms with Crippen LogP contribution in [0.5, 0.6) is 0 Å². The van der Waals surface area contributed by atoms with Gasteiger partial charge in [0.25, 0.3) is 0 Å². The number of hydrogen-bond acceptors (Lipinski definition) is 4. The smallest absolute Gasteiger partial charge is 0.242 e. The fourth-order valence-electron chi connectivity index (χ4n) is 3.90. The zero-order chi connectivity index (χ0) is 24.9. The third kappa shape index (κ3) is 9.06. The van der Waals surface area contributed by atoms with E-state index in [0.717, 1.165) is 29.1 Å². The molecule has 0 saturated heterocycles. The van der Waals surface area contributed by atoms with Crippen LogP contribution in [0.2, 0.25) is 0 Å². The number of ether oxygens (including phenoxy) is 1. The van der Waals surface area contributed by atoms with Crippen molar-refractivity contribution in [3.63, 3.8) is 0 Å². The number of carbonyl (C=O) groups is 2. The van der Waals surface area contributed by atoms with Gasteiger partial charge in [0.15, 0.2) is 0 Å². The number of rotatable bonds is 14. The predicted molar refractivity (Wildman–Crippen MR) is 137 cm³/mol. The van der Waals surface area contributed by atoms with E-state index in [1.807, 2.05) is 74.5 Å². The Morgan fingerprint density at radius 1 is 0.829 bits per heavy atom. The van der Waals surface area contributed by atoms with Gasteiger partial charge in [-0.05, 0) is 49.9 Å². The van der Waals surface area contributed by atoms with Crippen molar-refractivity contribution in [2.75, 3.05) is 32.8 Å². The van der Waals surface area contributed by atoms with Crippen LogP contribution in [0.15, 0.2) is 77.2 Å². The fraction of sp³-hybridized carbons (Fsp3) is 0.379. The second kappa shape index (κ2) is 14.1. The lowest BCUT2D eigenvalue weighted by Crippen LogP contribution is -2.44. The molecule has 35 heavy (non-hydrogen) atoms. The molecule has 0 aliphatic rings. The van der Waals surface area contributed by atoms with E-state index in [2.05, 4.69) is 12.1 Å². The highest BCUT2D eigenvalue weighted by Crippen LogP contribution is 2.13. The van der Waals surface area contributed by atoms with Crippen molar-refractivity contribution in [2.45, 2.75) is 39.7 Å². The Balaban J connectivity index is 1.70. The molecule has 0 spiro atoms. The molecule has 6 nitrogen and oxygen atoms in total. The number of benzene rings is 2. The molecule has 1 aromatic heterocycles. The van der Waals surface area contributed by atoms with Crippen LogP contribution < -0.4 is 0 Å². The van der Waals surface area contributed by atoms with E-state index in [9.17, 15) is 9.59 Å². The standard InChI is InChI=1S/C29H36N2O4/c1-3-34-20-10-18-30(28(32)21-26-13-8-5-9-14-26)23-29(33)31(22-27-16-15-24(2)35-27)19-17-25-11-6-4-7-12-25/h4-9,11-16H,3,10,17-23H2,1-2H3. The topological polar surface area (TPSA) is 63.0 Å². The summed E-state index contributed by atoms with van der Waals surface area (Å²) in [6, 6.07) is 23.5. The van der Waals surface area contributed by atoms with Crippen molar-refractivity contribution in [3.8, 4) is 0 Å². The molecule has 186 valence electrons. The molecule has 0 N–H and O–H groups in total. The fourth-order valence-corrected chi connectivity index (χ4v) is 3.90. The highest BCUT2D eigenvalue weighted by molar-refractivity contribution is 5.86. The molecule has 0 aliphatic carbocycles. The van der Waals surface area contributed by atoms with E-state index in [1.165, 1.54) is 0 Å². The van der Waals surface area contributed by atoms with Crippen LogP contribution in [-0.2, 0) is 33.7 Å². The van der Waals surface area contributed by atoms with Crippen molar-refractivity contribution in [1.29, 1.82) is 0 Å². The Kier molecular flexibility index (Phi) is 10.6. The van der Waals surface area contributed by atoms with Gasteiger partial charge in [0, 0.05) is 26.3 Å². The predicted octanol–water partition coefficient (Wildman–Crippen LogP) is 4.66. The zero-order valence-electron chi connectivity index (χ0n) is 20.8. The van der Waals surface area contributed by atoms with Gasteiger partial charge in [-0.3, -0.25) is 9.59 Å². The summed E-state index contributed by atoms with van der Waals surface area (Å²) in [5, 5.41) is 0. The van der Waals surface area contributed by atoms with Gasteiger partial charge in [0.1, 0.15) is 11.5 Å². The second-order valence-electron chi connectivity index (χ2n) is 8.59. The third-order valence-corrected chi connectivity index (χ3v) is 5.81. The van der Waals surface area contributed by atoms with Crippen molar-refractivity contribution in [3.05, 3.63) is 95.4 Å². The molecular formula is C29H36N2O4. The summed E-state index contributed by atoms with van der Waals surface area (Å²) in [5.74, 6) is 1.40. The van der Waals surface area contributed by atoms with E-state index in [-0.39, 0.29) is 24.8 Å². The monoisotopic (exact) mass is 476 g/mol. The Morgan fingerprint density at radius 3 is 2.14 bits per heavy atom. The summed E-state index contributed by atoms with van der Waals surface area (Å²) >= 11 is 0. The maximum absolute atomic E-state index is 13.5. The minimum atomic E-state index is -0.0900. The van der Waals surface area contributed by atoms with Gasteiger partial charge in [-0.2, -0.15) is 0 Å². The summed E-state index contributed by atoms with van der Waals surface area (Å²) in [4.78, 5) is 30.1. The first kappa shape index (κ1) is 26.2. The Morgan fingerprint density at radius 2 is 1.51 bits per heavy atom. The van der Waals surface area contributed by atoms with Crippen LogP contribution in [-0.4, -0.2) is 54.5 Å². The molecule has 0 saturated carbocycles. The van der Waals surface area contributed by atoms with Crippen LogP contribution in [0.3, 0.4) is 0 Å². The van der Waals surface area contributed by atoms with Crippen LogP contribution in [0.1, 0.15) is 36.0 Å². The maximum Gasteiger partial charge on any atom is 0.242 e. The second-order valence-corrected chi connectivity index (χ2v) is 8.59. The van der Waals surface area contributed by atoms with E-state index >= 15 is 0 Å². The van der Waals surface area contributed by atoms with Crippen LogP contribution >= 0.6 is 0 Å². The van der Waals surface area contributed by atoms with Gasteiger partial charge in [-0.1, -0.05) is 60.7 Å². The Bertz CT molecular complexity index is 1030. The summed E-state index contributed by atoms with van der Waals surface area (Å²) < 4.78 is 11.2. The first-order valence-electron chi connectivity index (χ1n) is 12.3. The Hall–Kier alpha value is -3.38. The molecule has 1 heterocycles. The summed E-state index contributed by atoms with van der Waals surface area (Å²) in [5.41, 5.74) is 2.10. The van der Waals surface area contributed by atoms with Crippen LogP contribution in [0.25, 0.3) is 0 Å². The number of furan rings is 1. The Labute approximate surface area is 208 Å². The third-order valence-electron chi connectivity index (χ3n) is 5.81. The minimum absolute atomic E-state index is 0.0340. The molecule has 2 amide bonds. The lowest BCUT2D eigenvalue weighted by Gasteiger charge is -2.27. The van der Waals surface area contributed by atoms with Crippen LogP contribution in [0.4, 0.5) is 0 Å². The number of carbonyl (C=O) groups excluding carboxylic acids is 2. The molecular weight excluding hydrogens is 440 g/mol. The molecule has 6 heteroatoms. The van der Waals surface area contributed by atoms with E-state index in [1.54, 1.807) is 9.80 Å². The van der Waals surface area contributed by atoms with E-state index < -0.39 is 0 Å². The van der Waals surface area contributed by atoms with Gasteiger partial charge >= 0.3 is 0 Å². The van der Waals surface area contributed by atoms with E-state index in [4.69, 9.17) is 9.15 Å². The number of aryl methyl sites for hydroxylation is 1. The van der Waals surface area contributed by atoms with Crippen LogP contribution in [0, 0.1) is 6.92 Å². The molecule has 0 radical (unpaired) electrons. The largest absolute Gasteiger partial charge is 0.464 e. The quantitative estimate of drug-likeness (QED) is 0.318. The van der Waals surface area contributed by atoms with Gasteiger partial charge in [0.05, 0.1) is 19.5 Å². The van der Waals surface area contributed by atoms with Crippen molar-refractivity contribution >= 4 is 11.8 Å². The SMILES string of the molecule is CCOCCCN(CC(=O)N(CCc1ccccc1)Cc1ccc(C)o1)C(=O)Cc1ccccc1. The highest BCUT2D eigenvalue weighted by Gasteiger charge is 2.22. The normalized spacial score (nSPS) is 10.8. The summed E-state index contributed by atoms with van der Waals surface area (Å²) in [6.07, 6.45) is 1.68. The lowest BCUT2D eigenvalue weighted by molar-refractivity contribution is -0.140. The van der Waals surface area contributed by atoms with Crippen molar-refractivity contribution < 1.29 is 18.7 Å². The van der Waals surface area contributed by atoms with Gasteiger partial charge in [-0.25, -0.2) is 0 Å². The molecule has 3 aromatic rings. The molecule has 0 aliphatic heterocycles. The minimum Gasteiger partial charge on any atom is -0.464 e. The summed E-state index contributed by atoms with van der Waals surface area (Å²) in [7, 11) is 0. The molecule has 0 fully saturated rings. The first-order valence-corrected chi connectivity index (χ1v) is 12.3. The van der Waals surface area contributed by atoms with Gasteiger partial charge in [-0.15, -0.1) is 0 Å². The number of amides is 2. The van der Waals surface area contributed by atoms with Crippen molar-refractivity contribution in [1.82, 2.24) is 9.80 Å². The highest BCUT2D eigenvalue weighted by atomic mass is 16.5. The number of hydrogen-bond donors (Lipinski definition) is 0. The van der Waals surface area contributed by atoms with E-state index in [0.29, 0.717) is 39.3 Å². The molecule has 3 rings (SSSR count). The molecule has 0 unspecified atom stereocenters. The van der Waals surface area contributed by atoms with Gasteiger partial charge < -0.3 is 19.0 Å². The lowest BCUT2D eigenvalue weighted by atomic mass is 10.1. The first-order chi connectivity index (χ1) is 17.0. The molecule has 0 atom stereocenters. The summed E-state index contributed by atoms with van der Waals surface area (Å²) in [6.45, 7) is 6.46. The maximum atomic E-state index is 13.5.